The van der Waals surface area contributed by atoms with Crippen molar-refractivity contribution in [1.29, 1.82) is 0 Å². The summed E-state index contributed by atoms with van der Waals surface area (Å²) in [6, 6.07) is 8.74. The Morgan fingerprint density at radius 3 is 2.69 bits per heavy atom. The third kappa shape index (κ3) is 3.94. The second-order valence-corrected chi connectivity index (χ2v) is 7.46. The maximum absolute atomic E-state index is 12.6. The maximum Gasteiger partial charge on any atom is 0.328 e. The second kappa shape index (κ2) is 7.57. The molecule has 2 aromatic rings. The number of carbonyl (C=O) groups is 2. The zero-order valence-corrected chi connectivity index (χ0v) is 15.8. The molecule has 152 valence electrons. The van der Waals surface area contributed by atoms with E-state index in [1.165, 1.54) is 0 Å². The highest BCUT2D eigenvalue weighted by molar-refractivity contribution is 5.96. The van der Waals surface area contributed by atoms with E-state index < -0.39 is 16.9 Å². The van der Waals surface area contributed by atoms with Gasteiger partial charge in [0.05, 0.1) is 12.1 Å². The number of aromatic nitrogens is 2. The summed E-state index contributed by atoms with van der Waals surface area (Å²) >= 11 is 0. The van der Waals surface area contributed by atoms with Crippen LogP contribution in [0, 0.1) is 0 Å². The first kappa shape index (κ1) is 19.0. The zero-order valence-electron chi connectivity index (χ0n) is 15.8. The van der Waals surface area contributed by atoms with E-state index >= 15 is 0 Å². The molecule has 1 aromatic heterocycles. The van der Waals surface area contributed by atoms with Crippen molar-refractivity contribution < 1.29 is 14.3 Å². The number of fused-ring (bicyclic) bond motifs is 1. The smallest absolute Gasteiger partial charge is 0.328 e. The Hall–Kier alpha value is -3.36. The second-order valence-electron chi connectivity index (χ2n) is 7.46. The molecule has 0 radical (unpaired) electrons. The van der Waals surface area contributed by atoms with Gasteiger partial charge in [-0.2, -0.15) is 0 Å². The molecule has 2 aliphatic heterocycles. The van der Waals surface area contributed by atoms with E-state index in [0.717, 1.165) is 0 Å². The van der Waals surface area contributed by atoms with Gasteiger partial charge in [-0.1, -0.05) is 18.2 Å². The van der Waals surface area contributed by atoms with Crippen LogP contribution >= 0.6 is 0 Å². The summed E-state index contributed by atoms with van der Waals surface area (Å²) in [5.74, 6) is -0.218. The van der Waals surface area contributed by atoms with Crippen LogP contribution in [0.3, 0.4) is 0 Å². The van der Waals surface area contributed by atoms with Gasteiger partial charge in [-0.15, -0.1) is 0 Å². The van der Waals surface area contributed by atoms with Gasteiger partial charge in [-0.05, 0) is 25.0 Å². The summed E-state index contributed by atoms with van der Waals surface area (Å²) in [6.07, 6.45) is 2.32. The van der Waals surface area contributed by atoms with E-state index in [2.05, 4.69) is 15.3 Å². The van der Waals surface area contributed by atoms with Gasteiger partial charge >= 0.3 is 5.69 Å². The van der Waals surface area contributed by atoms with Crippen molar-refractivity contribution in [3.63, 3.8) is 0 Å². The third-order valence-electron chi connectivity index (χ3n) is 5.51. The third-order valence-corrected chi connectivity index (χ3v) is 5.51. The molecule has 3 heterocycles. The van der Waals surface area contributed by atoms with Gasteiger partial charge in [0.1, 0.15) is 5.60 Å². The van der Waals surface area contributed by atoms with Gasteiger partial charge in [0.2, 0.25) is 11.8 Å². The monoisotopic (exact) mass is 398 g/mol. The van der Waals surface area contributed by atoms with Crippen molar-refractivity contribution in [3.05, 3.63) is 62.3 Å². The topological polar surface area (TPSA) is 124 Å². The average Bonchev–Trinajstić information content (AvgIpc) is 2.94. The minimum atomic E-state index is -0.595. The van der Waals surface area contributed by atoms with Crippen molar-refractivity contribution in [1.82, 2.24) is 20.2 Å². The van der Waals surface area contributed by atoms with Crippen molar-refractivity contribution in [2.24, 2.45) is 0 Å². The highest BCUT2D eigenvalue weighted by atomic mass is 16.5. The molecule has 9 heteroatoms. The molecule has 1 saturated heterocycles. The molecule has 1 fully saturated rings. The number of nitrogens with one attached hydrogen (secondary N) is 3. The predicted molar refractivity (Wildman–Crippen MR) is 104 cm³/mol. The summed E-state index contributed by atoms with van der Waals surface area (Å²) < 4.78 is 5.98. The van der Waals surface area contributed by atoms with E-state index in [4.69, 9.17) is 4.74 Å². The molecule has 29 heavy (non-hydrogen) atoms. The molecular weight excluding hydrogens is 376 g/mol. The number of aromatic amines is 2. The molecule has 0 unspecified atom stereocenters. The molecule has 0 saturated carbocycles. The fraction of sp³-hybridized carbons (Fsp3) is 0.400. The number of ether oxygens (including phenoxy) is 1. The molecule has 1 atom stereocenters. The Morgan fingerprint density at radius 1 is 1.10 bits per heavy atom. The SMILES string of the molecule is O=C(NCC(=O)N1CCC[C@]2(CC1)Cc1c([nH]c(=O)[nH]c1=O)O2)c1ccccc1. The van der Waals surface area contributed by atoms with Crippen molar-refractivity contribution in [2.45, 2.75) is 31.3 Å². The number of likely N-dealkylation sites (tertiary alicyclic amines) is 1. The molecule has 4 rings (SSSR count). The van der Waals surface area contributed by atoms with Gasteiger partial charge in [0.25, 0.3) is 11.5 Å². The number of hydrogen-bond acceptors (Lipinski definition) is 5. The highest BCUT2D eigenvalue weighted by Crippen LogP contribution is 2.37. The summed E-state index contributed by atoms with van der Waals surface area (Å²) in [4.78, 5) is 54.7. The highest BCUT2D eigenvalue weighted by Gasteiger charge is 2.43. The zero-order chi connectivity index (χ0) is 20.4. The van der Waals surface area contributed by atoms with E-state index in [1.807, 2.05) is 6.07 Å². The summed E-state index contributed by atoms with van der Waals surface area (Å²) in [6.45, 7) is 0.930. The maximum atomic E-state index is 12.6. The molecule has 9 nitrogen and oxygen atoms in total. The lowest BCUT2D eigenvalue weighted by atomic mass is 9.90. The van der Waals surface area contributed by atoms with Gasteiger partial charge in [0.15, 0.2) is 0 Å². The van der Waals surface area contributed by atoms with Crippen LogP contribution in [0.25, 0.3) is 0 Å². The van der Waals surface area contributed by atoms with Crippen LogP contribution in [0.5, 0.6) is 5.88 Å². The first-order valence-electron chi connectivity index (χ1n) is 9.61. The lowest BCUT2D eigenvalue weighted by molar-refractivity contribution is -0.130. The molecule has 0 bridgehead atoms. The Balaban J connectivity index is 1.36. The van der Waals surface area contributed by atoms with E-state index in [-0.39, 0.29) is 24.2 Å². The molecular formula is C20H22N4O5. The molecule has 0 aliphatic carbocycles. The summed E-state index contributed by atoms with van der Waals surface area (Å²) in [7, 11) is 0. The summed E-state index contributed by atoms with van der Waals surface area (Å²) in [5.41, 5.74) is -0.667. The Labute approximate surface area is 166 Å². The predicted octanol–water partition coefficient (Wildman–Crippen LogP) is 0.179. The van der Waals surface area contributed by atoms with Crippen LogP contribution in [-0.2, 0) is 11.2 Å². The Kier molecular flexibility index (Phi) is 4.96. The molecule has 2 aliphatic rings. The largest absolute Gasteiger partial charge is 0.471 e. The first-order valence-corrected chi connectivity index (χ1v) is 9.61. The normalized spacial score (nSPS) is 20.6. The minimum absolute atomic E-state index is 0.0746. The van der Waals surface area contributed by atoms with Crippen LogP contribution in [0.15, 0.2) is 39.9 Å². The molecule has 2 amide bonds. The number of amides is 2. The van der Waals surface area contributed by atoms with Crippen LogP contribution in [0.2, 0.25) is 0 Å². The van der Waals surface area contributed by atoms with Crippen molar-refractivity contribution >= 4 is 11.8 Å². The number of hydrogen-bond donors (Lipinski definition) is 3. The average molecular weight is 398 g/mol. The number of H-pyrrole nitrogens is 2. The molecule has 3 N–H and O–H groups in total. The Morgan fingerprint density at radius 2 is 1.90 bits per heavy atom. The quantitative estimate of drug-likeness (QED) is 0.680. The lowest BCUT2D eigenvalue weighted by Gasteiger charge is -2.27. The van der Waals surface area contributed by atoms with Gasteiger partial charge < -0.3 is 15.0 Å². The number of nitrogens with zero attached hydrogens (tertiary/aromatic N) is 1. The van der Waals surface area contributed by atoms with Crippen LogP contribution < -0.4 is 21.3 Å². The standard InChI is InChI=1S/C20H22N4O5/c25-15(12-21-16(26)13-5-2-1-3-6-13)24-9-4-7-20(8-10-24)11-14-17(27)22-19(28)23-18(14)29-20/h1-3,5-6H,4,7-12H2,(H,21,26)(H2,22,23,27,28)/t20-/m0/s1. The van der Waals surface area contributed by atoms with E-state index in [0.29, 0.717) is 49.9 Å². The minimum Gasteiger partial charge on any atom is -0.471 e. The summed E-state index contributed by atoms with van der Waals surface area (Å²) in [5, 5.41) is 2.66. The fourth-order valence-corrected chi connectivity index (χ4v) is 3.97. The van der Waals surface area contributed by atoms with Crippen LogP contribution in [-0.4, -0.2) is 51.9 Å². The number of carbonyl (C=O) groups excluding carboxylic acids is 2. The molecule has 1 aromatic carbocycles. The van der Waals surface area contributed by atoms with Crippen molar-refractivity contribution in [3.8, 4) is 5.88 Å². The fourth-order valence-electron chi connectivity index (χ4n) is 3.97. The van der Waals surface area contributed by atoms with Gasteiger partial charge in [-0.3, -0.25) is 24.4 Å². The number of rotatable bonds is 3. The van der Waals surface area contributed by atoms with Gasteiger partial charge in [0, 0.05) is 31.5 Å². The number of benzene rings is 1. The molecule has 1 spiro atoms. The van der Waals surface area contributed by atoms with Crippen molar-refractivity contribution in [2.75, 3.05) is 19.6 Å². The van der Waals surface area contributed by atoms with E-state index in [9.17, 15) is 19.2 Å². The van der Waals surface area contributed by atoms with Gasteiger partial charge in [-0.25, -0.2) is 4.79 Å². The lowest BCUT2D eigenvalue weighted by Crippen LogP contribution is -2.42. The van der Waals surface area contributed by atoms with Crippen LogP contribution in [0.1, 0.15) is 35.2 Å². The van der Waals surface area contributed by atoms with E-state index in [1.54, 1.807) is 29.2 Å². The Bertz CT molecular complexity index is 1040. The van der Waals surface area contributed by atoms with Crippen LogP contribution in [0.4, 0.5) is 0 Å². The first-order chi connectivity index (χ1) is 14.0.